The summed E-state index contributed by atoms with van der Waals surface area (Å²) >= 11 is 0. The number of hydroxylamine groups is 1. The highest BCUT2D eigenvalue weighted by Crippen LogP contribution is 2.53. The molecule has 0 aliphatic carbocycles. The van der Waals surface area contributed by atoms with Crippen LogP contribution < -0.4 is 0 Å². The summed E-state index contributed by atoms with van der Waals surface area (Å²) in [5.41, 5.74) is 0. The predicted molar refractivity (Wildman–Crippen MR) is 35.9 cm³/mol. The second-order valence-electron chi connectivity index (χ2n) is 0.869. The first-order valence-corrected chi connectivity index (χ1v) is 5.89. The van der Waals surface area contributed by atoms with Gasteiger partial charge < -0.3 is 5.21 Å². The van der Waals surface area contributed by atoms with Crippen LogP contribution in [0.2, 0.25) is 0 Å². The minimum absolute atomic E-state index is 0.437. The van der Waals surface area contributed by atoms with Crippen molar-refractivity contribution in [3.8, 4) is 0 Å². The number of hydrogen-bond acceptors (Lipinski definition) is 2. The van der Waals surface area contributed by atoms with E-state index in [1.165, 1.54) is 0 Å². The Kier molecular flexibility index (Phi) is 3.90. The Hall–Kier alpha value is 1.21. The molecule has 0 heterocycles. The number of nitrogens with zero attached hydrogens (tertiary/aromatic N) is 1. The van der Waals surface area contributed by atoms with Crippen LogP contribution in [0.1, 0.15) is 0 Å². The molecule has 0 bridgehead atoms. The zero-order valence-corrected chi connectivity index (χ0v) is 6.70. The molecule has 0 rings (SSSR count). The smallest absolute Gasteiger partial charge is 0.0289 e. The van der Waals surface area contributed by atoms with Gasteiger partial charge in [0.15, 0.2) is 0 Å². The Morgan fingerprint density at radius 1 is 1.67 bits per heavy atom. The Balaban J connectivity index is 2.99. The molecule has 0 amide bonds. The first-order valence-electron chi connectivity index (χ1n) is 1.36. The van der Waals surface area contributed by atoms with Crippen LogP contribution in [0.3, 0.4) is 0 Å². The molecule has 0 fully saturated rings. The molecule has 2 nitrogen and oxygen atoms in total. The summed E-state index contributed by atoms with van der Waals surface area (Å²) in [6.07, 6.45) is 0. The summed E-state index contributed by atoms with van der Waals surface area (Å²) in [5.74, 6) is 0. The molecule has 2 atom stereocenters. The van der Waals surface area contributed by atoms with Crippen molar-refractivity contribution >= 4 is 25.3 Å². The maximum atomic E-state index is 8.45. The monoisotopic (exact) mass is 143 g/mol. The van der Waals surface area contributed by atoms with Crippen molar-refractivity contribution in [2.75, 3.05) is 7.05 Å². The summed E-state index contributed by atoms with van der Waals surface area (Å²) in [7, 11) is 6.13. The molecule has 2 unspecified atom stereocenters. The third-order valence-corrected chi connectivity index (χ3v) is 3.01. The number of hydrogen-bond donors (Lipinski definition) is 1. The van der Waals surface area contributed by atoms with E-state index in [1.807, 2.05) is 0 Å². The molecule has 0 aromatic carbocycles. The van der Waals surface area contributed by atoms with Crippen LogP contribution in [0, 0.1) is 0 Å². The summed E-state index contributed by atoms with van der Waals surface area (Å²) in [5, 5.41) is 8.45. The van der Waals surface area contributed by atoms with E-state index in [4.69, 9.17) is 5.21 Å². The van der Waals surface area contributed by atoms with Gasteiger partial charge in [0.05, 0.1) is 0 Å². The summed E-state index contributed by atoms with van der Waals surface area (Å²) < 4.78 is 0. The van der Waals surface area contributed by atoms with Crippen LogP contribution in [-0.2, 0) is 0 Å². The van der Waals surface area contributed by atoms with Crippen LogP contribution in [0.4, 0.5) is 0 Å². The molecule has 0 aromatic heterocycles. The third kappa shape index (κ3) is 3.40. The van der Waals surface area contributed by atoms with Gasteiger partial charge in [-0.1, -0.05) is 17.9 Å². The van der Waals surface area contributed by atoms with Crippen LogP contribution in [0.15, 0.2) is 0 Å². The van der Waals surface area contributed by atoms with E-state index >= 15 is 0 Å². The van der Waals surface area contributed by atoms with Gasteiger partial charge >= 0.3 is 0 Å². The predicted octanol–water partition coefficient (Wildman–Crippen LogP) is 1.28. The standard InChI is InChI=1S/CH8NOP3/c1-2(3)6(4)5/h3H,4-5H2,1H3. The van der Waals surface area contributed by atoms with Crippen LogP contribution in [0.25, 0.3) is 0 Å². The van der Waals surface area contributed by atoms with E-state index in [9.17, 15) is 0 Å². The molecular formula is CH8NOP3. The van der Waals surface area contributed by atoms with Crippen molar-refractivity contribution in [1.29, 1.82) is 0 Å². The fourth-order valence-electron chi connectivity index (χ4n) is 0. The van der Waals surface area contributed by atoms with Gasteiger partial charge in [0, 0.05) is 14.5 Å². The fraction of sp³-hybridized carbons (Fsp3) is 1.00. The zero-order valence-electron chi connectivity index (χ0n) is 3.50. The first-order chi connectivity index (χ1) is 2.64. The van der Waals surface area contributed by atoms with Gasteiger partial charge in [-0.05, 0) is 0 Å². The average Bonchev–Trinajstić information content (AvgIpc) is 1.36. The van der Waals surface area contributed by atoms with E-state index in [1.54, 1.807) is 7.05 Å². The molecule has 0 aliphatic rings. The summed E-state index contributed by atoms with van der Waals surface area (Å²) in [6.45, 7) is 0. The van der Waals surface area contributed by atoms with E-state index in [0.29, 0.717) is 0 Å². The molecular weight excluding hydrogens is 135 g/mol. The van der Waals surface area contributed by atoms with Gasteiger partial charge in [0.2, 0.25) is 0 Å². The largest absolute Gasteiger partial charge is 0.310 e. The Morgan fingerprint density at radius 3 is 1.83 bits per heavy atom. The van der Waals surface area contributed by atoms with Crippen LogP contribution in [-0.4, -0.2) is 17.1 Å². The summed E-state index contributed by atoms with van der Waals surface area (Å²) in [6, 6.07) is 0. The van der Waals surface area contributed by atoms with Gasteiger partial charge in [0.25, 0.3) is 0 Å². The molecule has 0 aliphatic heterocycles. The lowest BCUT2D eigenvalue weighted by Gasteiger charge is -2.09. The maximum absolute atomic E-state index is 8.45. The van der Waals surface area contributed by atoms with E-state index in [-0.39, 0.29) is 0 Å². The minimum atomic E-state index is -0.437. The fourth-order valence-corrected chi connectivity index (χ4v) is 0. The van der Waals surface area contributed by atoms with Gasteiger partial charge in [0.1, 0.15) is 0 Å². The van der Waals surface area contributed by atoms with Gasteiger partial charge in [-0.15, -0.1) is 0 Å². The lowest BCUT2D eigenvalue weighted by molar-refractivity contribution is 0.0415. The van der Waals surface area contributed by atoms with Crippen molar-refractivity contribution in [3.63, 3.8) is 0 Å². The highest BCUT2D eigenvalue weighted by atomic mass is 32.4. The molecule has 38 valence electrons. The SMILES string of the molecule is CN(O)P(P)P. The number of rotatable bonds is 1. The molecule has 0 aromatic rings. The lowest BCUT2D eigenvalue weighted by Crippen LogP contribution is -1.96. The molecule has 0 radical (unpaired) electrons. The van der Waals surface area contributed by atoms with Gasteiger partial charge in [-0.25, -0.2) is 0 Å². The minimum Gasteiger partial charge on any atom is -0.310 e. The zero-order chi connectivity index (χ0) is 5.15. The Morgan fingerprint density at radius 2 is 1.83 bits per heavy atom. The highest BCUT2D eigenvalue weighted by molar-refractivity contribution is 8.42. The van der Waals surface area contributed by atoms with Gasteiger partial charge in [-0.3, -0.25) is 0 Å². The molecule has 0 saturated heterocycles. The first kappa shape index (κ1) is 7.21. The molecule has 0 spiro atoms. The van der Waals surface area contributed by atoms with Gasteiger partial charge in [-0.2, -0.15) is 4.83 Å². The second kappa shape index (κ2) is 3.24. The average molecular weight is 143 g/mol. The van der Waals surface area contributed by atoms with Crippen molar-refractivity contribution in [3.05, 3.63) is 0 Å². The normalized spacial score (nSPS) is 11.0. The second-order valence-corrected chi connectivity index (χ2v) is 7.17. The molecule has 6 heavy (non-hydrogen) atoms. The molecule has 5 heteroatoms. The van der Waals surface area contributed by atoms with E-state index in [2.05, 4.69) is 17.9 Å². The highest BCUT2D eigenvalue weighted by Gasteiger charge is 1.92. The Labute approximate surface area is 43.3 Å². The van der Waals surface area contributed by atoms with Crippen molar-refractivity contribution in [2.24, 2.45) is 0 Å². The van der Waals surface area contributed by atoms with Crippen molar-refractivity contribution < 1.29 is 5.21 Å². The lowest BCUT2D eigenvalue weighted by atomic mass is 11.6. The van der Waals surface area contributed by atoms with Crippen LogP contribution >= 0.6 is 25.3 Å². The Bertz CT molecular complexity index is 31.8. The maximum Gasteiger partial charge on any atom is 0.0289 e. The van der Waals surface area contributed by atoms with Crippen molar-refractivity contribution in [2.45, 2.75) is 0 Å². The van der Waals surface area contributed by atoms with Crippen molar-refractivity contribution in [1.82, 2.24) is 4.83 Å². The van der Waals surface area contributed by atoms with Crippen LogP contribution in [0.5, 0.6) is 0 Å². The third-order valence-electron chi connectivity index (χ3n) is 0.334. The molecule has 1 N–H and O–H groups in total. The quantitative estimate of drug-likeness (QED) is 0.441. The summed E-state index contributed by atoms with van der Waals surface area (Å²) in [4.78, 5) is 1.16. The molecule has 0 saturated carbocycles. The van der Waals surface area contributed by atoms with E-state index < -0.39 is 7.45 Å². The van der Waals surface area contributed by atoms with E-state index in [0.717, 1.165) is 4.83 Å². The topological polar surface area (TPSA) is 23.5 Å².